The molecule has 0 unspecified atom stereocenters. The molecule has 0 aliphatic carbocycles. The Bertz CT molecular complexity index is 666. The Morgan fingerprint density at radius 1 is 0.762 bits per heavy atom. The van der Waals surface area contributed by atoms with Crippen LogP contribution in [-0.4, -0.2) is 0 Å². The number of hydrogen-bond donors (Lipinski definition) is 1. The zero-order valence-corrected chi connectivity index (χ0v) is 16.8. The van der Waals surface area contributed by atoms with E-state index in [2.05, 4.69) is 0 Å². The maximum Gasteiger partial charge on any atom is 0.0586 e. The van der Waals surface area contributed by atoms with Crippen LogP contribution in [0.2, 0.25) is 20.1 Å². The van der Waals surface area contributed by atoms with Crippen molar-refractivity contribution in [2.75, 3.05) is 0 Å². The summed E-state index contributed by atoms with van der Waals surface area (Å²) in [5.41, 5.74) is 1.65. The highest BCUT2D eigenvalue weighted by Gasteiger charge is 2.21. The van der Waals surface area contributed by atoms with Gasteiger partial charge < -0.3 is 0 Å². The molecule has 112 valence electrons. The molecule has 0 aromatic heterocycles. The minimum Gasteiger partial charge on any atom is -0.133 e. The second kappa shape index (κ2) is 6.61. The third kappa shape index (κ3) is 3.58. The fourth-order valence-corrected chi connectivity index (χ4v) is 5.88. The van der Waals surface area contributed by atoms with Crippen LogP contribution in [0.4, 0.5) is 0 Å². The monoisotopic (exact) mass is 414 g/mol. The molecule has 21 heavy (non-hydrogen) atoms. The lowest BCUT2D eigenvalue weighted by atomic mass is 10.2. The molecule has 7 heteroatoms. The third-order valence-electron chi connectivity index (χ3n) is 3.23. The fourth-order valence-electron chi connectivity index (χ4n) is 1.76. The zero-order chi connectivity index (χ0) is 15.9. The topological polar surface area (TPSA) is 0 Å². The van der Waals surface area contributed by atoms with E-state index in [9.17, 15) is 0 Å². The second-order valence-electron chi connectivity index (χ2n) is 4.64. The van der Waals surface area contributed by atoms with Crippen molar-refractivity contribution in [2.45, 2.75) is 13.8 Å². The minimum atomic E-state index is -2.35. The van der Waals surface area contributed by atoms with Gasteiger partial charge in [-0.25, -0.2) is 0 Å². The number of thiol groups is 1. The van der Waals surface area contributed by atoms with Gasteiger partial charge in [-0.05, 0) is 49.2 Å². The normalized spacial score (nSPS) is 11.8. The summed E-state index contributed by atoms with van der Waals surface area (Å²) < 4.78 is 0. The number of halogens is 4. The van der Waals surface area contributed by atoms with E-state index in [1.54, 1.807) is 0 Å². The molecule has 0 atom stereocenters. The summed E-state index contributed by atoms with van der Waals surface area (Å²) in [5, 5.41) is 1.58. The van der Waals surface area contributed by atoms with Crippen LogP contribution >= 0.6 is 63.9 Å². The first-order chi connectivity index (χ1) is 9.64. The summed E-state index contributed by atoms with van der Waals surface area (Å²) in [6.45, 7) is 3.71. The van der Waals surface area contributed by atoms with E-state index in [0.29, 0.717) is 20.1 Å². The van der Waals surface area contributed by atoms with E-state index in [4.69, 9.17) is 70.5 Å². The van der Waals surface area contributed by atoms with Gasteiger partial charge in [-0.1, -0.05) is 58.2 Å². The quantitative estimate of drug-likeness (QED) is 0.450. The van der Waals surface area contributed by atoms with Crippen molar-refractivity contribution in [1.29, 1.82) is 0 Å². The highest BCUT2D eigenvalue weighted by Crippen LogP contribution is 2.50. The summed E-state index contributed by atoms with van der Waals surface area (Å²) in [4.78, 5) is 0. The van der Waals surface area contributed by atoms with Crippen molar-refractivity contribution in [3.63, 3.8) is 0 Å². The Morgan fingerprint density at radius 3 is 1.24 bits per heavy atom. The summed E-state index contributed by atoms with van der Waals surface area (Å²) in [6.07, 6.45) is 0. The molecule has 2 rings (SSSR count). The first kappa shape index (κ1) is 17.9. The molecule has 0 aliphatic heterocycles. The Kier molecular flexibility index (Phi) is 5.65. The van der Waals surface area contributed by atoms with Crippen molar-refractivity contribution in [2.24, 2.45) is 0 Å². The van der Waals surface area contributed by atoms with E-state index in [-0.39, 0.29) is 0 Å². The molecule has 2 aromatic rings. The van der Waals surface area contributed by atoms with Crippen molar-refractivity contribution < 1.29 is 0 Å². The molecule has 0 heterocycles. The molecule has 0 fully saturated rings. The molecule has 0 bridgehead atoms. The van der Waals surface area contributed by atoms with Gasteiger partial charge in [0.25, 0.3) is 0 Å². The van der Waals surface area contributed by atoms with Crippen LogP contribution in [0.5, 0.6) is 0 Å². The van der Waals surface area contributed by atoms with E-state index < -0.39 is 5.24 Å². The number of benzene rings is 2. The second-order valence-corrected chi connectivity index (χ2v) is 12.7. The van der Waals surface area contributed by atoms with Crippen LogP contribution in [0, 0.1) is 13.8 Å². The Morgan fingerprint density at radius 2 is 1.00 bits per heavy atom. The van der Waals surface area contributed by atoms with Crippen LogP contribution in [0.15, 0.2) is 24.3 Å². The van der Waals surface area contributed by atoms with Crippen LogP contribution in [0.1, 0.15) is 11.1 Å². The molecule has 2 aromatic carbocycles. The van der Waals surface area contributed by atoms with Gasteiger partial charge in [0, 0.05) is 30.7 Å². The molecule has 0 N–H and O–H groups in total. The average molecular weight is 416 g/mol. The molecule has 0 saturated carbocycles. The molecular formula is C14H11Cl4PS2. The standard InChI is InChI=1S/C14H11Cl4PS2/c1-7-11(15)3-9(4-12(7)16)19(20,21)10-5-13(17)8(2)14(18)6-10/h3-6H,1-2H3,(H,20,21). The lowest BCUT2D eigenvalue weighted by molar-refractivity contribution is 1.48. The lowest BCUT2D eigenvalue weighted by Crippen LogP contribution is -2.13. The van der Waals surface area contributed by atoms with E-state index in [0.717, 1.165) is 21.7 Å². The van der Waals surface area contributed by atoms with Crippen molar-refractivity contribution in [3.05, 3.63) is 55.5 Å². The Labute approximate surface area is 154 Å². The van der Waals surface area contributed by atoms with Gasteiger partial charge in [-0.3, -0.25) is 0 Å². The van der Waals surface area contributed by atoms with Gasteiger partial charge in [-0.2, -0.15) is 0 Å². The van der Waals surface area contributed by atoms with Gasteiger partial charge in [-0.15, -0.1) is 12.2 Å². The SMILES string of the molecule is Cc1c(Cl)cc(P(=S)(S)c2cc(Cl)c(C)c(Cl)c2)cc1Cl. The molecule has 0 spiro atoms. The maximum absolute atomic E-state index is 6.20. The molecule has 0 radical (unpaired) electrons. The van der Waals surface area contributed by atoms with E-state index in [1.165, 1.54) is 0 Å². The predicted octanol–water partition coefficient (Wildman–Crippen LogP) is 6.19. The maximum atomic E-state index is 6.20. The summed E-state index contributed by atoms with van der Waals surface area (Å²) in [6, 6.07) is 7.27. The first-order valence-electron chi connectivity index (χ1n) is 5.90. The van der Waals surface area contributed by atoms with Crippen molar-refractivity contribution in [1.82, 2.24) is 0 Å². The fraction of sp³-hybridized carbons (Fsp3) is 0.143. The highest BCUT2D eigenvalue weighted by atomic mass is 35.5. The van der Waals surface area contributed by atoms with Gasteiger partial charge in [0.15, 0.2) is 0 Å². The highest BCUT2D eigenvalue weighted by molar-refractivity contribution is 8.68. The molecular weight excluding hydrogens is 405 g/mol. The largest absolute Gasteiger partial charge is 0.133 e. The van der Waals surface area contributed by atoms with Crippen LogP contribution in [-0.2, 0) is 11.8 Å². The van der Waals surface area contributed by atoms with E-state index >= 15 is 0 Å². The summed E-state index contributed by atoms with van der Waals surface area (Å²) >= 11 is 35.3. The molecule has 0 aliphatic rings. The van der Waals surface area contributed by atoms with Crippen molar-refractivity contribution in [3.8, 4) is 0 Å². The number of rotatable bonds is 2. The molecule has 0 nitrogen and oxygen atoms in total. The summed E-state index contributed by atoms with van der Waals surface area (Å²) in [5.74, 6) is 0. The number of hydrogen-bond acceptors (Lipinski definition) is 1. The predicted molar refractivity (Wildman–Crippen MR) is 105 cm³/mol. The Balaban J connectivity index is 2.65. The summed E-state index contributed by atoms with van der Waals surface area (Å²) in [7, 11) is 0. The van der Waals surface area contributed by atoms with Gasteiger partial charge in [0.1, 0.15) is 0 Å². The third-order valence-corrected chi connectivity index (χ3v) is 9.37. The Hall–Kier alpha value is 0.600. The van der Waals surface area contributed by atoms with Crippen LogP contribution in [0.3, 0.4) is 0 Å². The first-order valence-corrected chi connectivity index (χ1v) is 11.4. The van der Waals surface area contributed by atoms with Crippen LogP contribution < -0.4 is 10.6 Å². The molecule has 0 amide bonds. The van der Waals surface area contributed by atoms with E-state index in [1.807, 2.05) is 38.1 Å². The van der Waals surface area contributed by atoms with Gasteiger partial charge >= 0.3 is 0 Å². The van der Waals surface area contributed by atoms with Gasteiger partial charge in [0.2, 0.25) is 0 Å². The zero-order valence-electron chi connectivity index (χ0n) is 11.1. The lowest BCUT2D eigenvalue weighted by Gasteiger charge is -2.19. The minimum absolute atomic E-state index is 0.574. The molecule has 0 saturated heterocycles. The smallest absolute Gasteiger partial charge is 0.0586 e. The van der Waals surface area contributed by atoms with Crippen molar-refractivity contribution >= 4 is 86.3 Å². The van der Waals surface area contributed by atoms with Gasteiger partial charge in [0.05, 0.1) is 5.24 Å². The average Bonchev–Trinajstić information content (AvgIpc) is 2.40. The van der Waals surface area contributed by atoms with Crippen LogP contribution in [0.25, 0.3) is 0 Å².